The number of carboxylic acid groups (broad SMARTS) is 1. The molecule has 0 aliphatic rings. The van der Waals surface area contributed by atoms with Crippen molar-refractivity contribution in [1.29, 1.82) is 0 Å². The van der Waals surface area contributed by atoms with Crippen molar-refractivity contribution in [2.45, 2.75) is 39.0 Å². The standard InChI is InChI=1S/C16H25NO2/c1-2-3-12-17(14-11-16(18)19)13-7-10-15-8-5-4-6-9-15/h4-6,8-9H,2-3,7,10-14H2,1H3,(H,18,19). The zero-order valence-corrected chi connectivity index (χ0v) is 11.8. The Hall–Kier alpha value is -1.35. The summed E-state index contributed by atoms with van der Waals surface area (Å²) in [4.78, 5) is 12.9. The van der Waals surface area contributed by atoms with Gasteiger partial charge in [-0.05, 0) is 37.9 Å². The lowest BCUT2D eigenvalue weighted by atomic mass is 10.1. The molecule has 0 spiro atoms. The van der Waals surface area contributed by atoms with Crippen LogP contribution < -0.4 is 0 Å². The maximum Gasteiger partial charge on any atom is 0.304 e. The van der Waals surface area contributed by atoms with Gasteiger partial charge in [-0.3, -0.25) is 4.79 Å². The van der Waals surface area contributed by atoms with E-state index in [4.69, 9.17) is 5.11 Å². The highest BCUT2D eigenvalue weighted by Gasteiger charge is 2.06. The minimum Gasteiger partial charge on any atom is -0.481 e. The Balaban J connectivity index is 2.28. The Morgan fingerprint density at radius 1 is 1.11 bits per heavy atom. The first-order valence-corrected chi connectivity index (χ1v) is 7.20. The highest BCUT2D eigenvalue weighted by molar-refractivity contribution is 5.66. The minimum atomic E-state index is -0.704. The zero-order chi connectivity index (χ0) is 13.9. The normalized spacial score (nSPS) is 10.8. The molecule has 1 aromatic carbocycles. The lowest BCUT2D eigenvalue weighted by Crippen LogP contribution is -2.29. The highest BCUT2D eigenvalue weighted by atomic mass is 16.4. The van der Waals surface area contributed by atoms with E-state index in [0.717, 1.165) is 38.8 Å². The SMILES string of the molecule is CCCCN(CCCc1ccccc1)CCC(=O)O. The Labute approximate surface area is 116 Å². The summed E-state index contributed by atoms with van der Waals surface area (Å²) in [7, 11) is 0. The van der Waals surface area contributed by atoms with Crippen molar-refractivity contribution in [2.75, 3.05) is 19.6 Å². The van der Waals surface area contributed by atoms with Crippen LogP contribution in [0.3, 0.4) is 0 Å². The number of carbonyl (C=O) groups is 1. The van der Waals surface area contributed by atoms with E-state index in [0.29, 0.717) is 6.54 Å². The van der Waals surface area contributed by atoms with Crippen LogP contribution in [0.2, 0.25) is 0 Å². The first-order chi connectivity index (χ1) is 9.22. The maximum absolute atomic E-state index is 10.6. The van der Waals surface area contributed by atoms with Crippen molar-refractivity contribution in [3.05, 3.63) is 35.9 Å². The van der Waals surface area contributed by atoms with Gasteiger partial charge in [-0.25, -0.2) is 0 Å². The van der Waals surface area contributed by atoms with Crippen LogP contribution in [0.1, 0.15) is 38.2 Å². The van der Waals surface area contributed by atoms with Gasteiger partial charge in [0.2, 0.25) is 0 Å². The van der Waals surface area contributed by atoms with Crippen LogP contribution in [0.25, 0.3) is 0 Å². The molecular weight excluding hydrogens is 238 g/mol. The molecular formula is C16H25NO2. The first kappa shape index (κ1) is 15.7. The van der Waals surface area contributed by atoms with Crippen molar-refractivity contribution >= 4 is 5.97 Å². The van der Waals surface area contributed by atoms with Gasteiger partial charge in [0.1, 0.15) is 0 Å². The number of benzene rings is 1. The zero-order valence-electron chi connectivity index (χ0n) is 11.8. The summed E-state index contributed by atoms with van der Waals surface area (Å²) >= 11 is 0. The van der Waals surface area contributed by atoms with E-state index in [1.807, 2.05) is 6.07 Å². The molecule has 1 N–H and O–H groups in total. The molecule has 0 saturated heterocycles. The average Bonchev–Trinajstić information content (AvgIpc) is 2.42. The molecule has 0 atom stereocenters. The Morgan fingerprint density at radius 3 is 2.42 bits per heavy atom. The van der Waals surface area contributed by atoms with Crippen LogP contribution in [0, 0.1) is 0 Å². The molecule has 3 nitrogen and oxygen atoms in total. The molecule has 106 valence electrons. The lowest BCUT2D eigenvalue weighted by molar-refractivity contribution is -0.137. The number of hydrogen-bond donors (Lipinski definition) is 1. The molecule has 1 rings (SSSR count). The summed E-state index contributed by atoms with van der Waals surface area (Å²) in [5.41, 5.74) is 1.36. The predicted molar refractivity (Wildman–Crippen MR) is 78.4 cm³/mol. The Bertz CT molecular complexity index is 351. The monoisotopic (exact) mass is 263 g/mol. The maximum atomic E-state index is 10.6. The van der Waals surface area contributed by atoms with Crippen molar-refractivity contribution < 1.29 is 9.90 Å². The fraction of sp³-hybridized carbons (Fsp3) is 0.562. The number of aliphatic carboxylic acids is 1. The second kappa shape index (κ2) is 9.56. The molecule has 1 aromatic rings. The third-order valence-corrected chi connectivity index (χ3v) is 3.25. The number of hydrogen-bond acceptors (Lipinski definition) is 2. The summed E-state index contributed by atoms with van der Waals surface area (Å²) in [5, 5.41) is 8.76. The summed E-state index contributed by atoms with van der Waals surface area (Å²) in [6.45, 7) is 4.84. The molecule has 0 radical (unpaired) electrons. The quantitative estimate of drug-likeness (QED) is 0.704. The highest BCUT2D eigenvalue weighted by Crippen LogP contribution is 2.05. The van der Waals surface area contributed by atoms with Gasteiger partial charge in [0.25, 0.3) is 0 Å². The van der Waals surface area contributed by atoms with Gasteiger partial charge in [-0.15, -0.1) is 0 Å². The lowest BCUT2D eigenvalue weighted by Gasteiger charge is -2.21. The number of unbranched alkanes of at least 4 members (excludes halogenated alkanes) is 1. The van der Waals surface area contributed by atoms with Crippen molar-refractivity contribution in [2.24, 2.45) is 0 Å². The van der Waals surface area contributed by atoms with Crippen LogP contribution in [0.5, 0.6) is 0 Å². The van der Waals surface area contributed by atoms with E-state index >= 15 is 0 Å². The third kappa shape index (κ3) is 7.62. The molecule has 0 fully saturated rings. The summed E-state index contributed by atoms with van der Waals surface area (Å²) < 4.78 is 0. The van der Waals surface area contributed by atoms with Gasteiger partial charge >= 0.3 is 5.97 Å². The number of nitrogens with zero attached hydrogens (tertiary/aromatic N) is 1. The van der Waals surface area contributed by atoms with Crippen LogP contribution in [0.4, 0.5) is 0 Å². The van der Waals surface area contributed by atoms with Crippen LogP contribution in [0.15, 0.2) is 30.3 Å². The summed E-state index contributed by atoms with van der Waals surface area (Å²) in [6.07, 6.45) is 4.70. The molecule has 0 aromatic heterocycles. The van der Waals surface area contributed by atoms with Crippen LogP contribution in [-0.4, -0.2) is 35.6 Å². The van der Waals surface area contributed by atoms with E-state index < -0.39 is 5.97 Å². The molecule has 0 heterocycles. The van der Waals surface area contributed by atoms with Crippen LogP contribution >= 0.6 is 0 Å². The average molecular weight is 263 g/mol. The fourth-order valence-corrected chi connectivity index (χ4v) is 2.12. The topological polar surface area (TPSA) is 40.5 Å². The van der Waals surface area contributed by atoms with Gasteiger partial charge in [0.15, 0.2) is 0 Å². The Kier molecular flexibility index (Phi) is 7.91. The number of carboxylic acids is 1. The van der Waals surface area contributed by atoms with E-state index in [1.165, 1.54) is 5.56 Å². The number of aryl methyl sites for hydroxylation is 1. The second-order valence-corrected chi connectivity index (χ2v) is 4.93. The molecule has 0 amide bonds. The number of rotatable bonds is 10. The summed E-state index contributed by atoms with van der Waals surface area (Å²) in [6, 6.07) is 10.5. The van der Waals surface area contributed by atoms with Gasteiger partial charge in [0, 0.05) is 6.54 Å². The van der Waals surface area contributed by atoms with Gasteiger partial charge < -0.3 is 10.0 Å². The van der Waals surface area contributed by atoms with Crippen molar-refractivity contribution in [3.63, 3.8) is 0 Å². The van der Waals surface area contributed by atoms with Gasteiger partial charge in [-0.1, -0.05) is 43.7 Å². The van der Waals surface area contributed by atoms with E-state index in [1.54, 1.807) is 0 Å². The molecule has 0 aliphatic carbocycles. The molecule has 19 heavy (non-hydrogen) atoms. The second-order valence-electron chi connectivity index (χ2n) is 4.93. The van der Waals surface area contributed by atoms with E-state index in [9.17, 15) is 4.79 Å². The van der Waals surface area contributed by atoms with Gasteiger partial charge in [-0.2, -0.15) is 0 Å². The summed E-state index contributed by atoms with van der Waals surface area (Å²) in [5.74, 6) is -0.704. The molecule has 0 saturated carbocycles. The molecule has 0 unspecified atom stereocenters. The largest absolute Gasteiger partial charge is 0.481 e. The van der Waals surface area contributed by atoms with Crippen LogP contribution in [-0.2, 0) is 11.2 Å². The fourth-order valence-electron chi connectivity index (χ4n) is 2.12. The first-order valence-electron chi connectivity index (χ1n) is 7.20. The third-order valence-electron chi connectivity index (χ3n) is 3.25. The molecule has 0 aliphatic heterocycles. The van der Waals surface area contributed by atoms with Crippen molar-refractivity contribution in [3.8, 4) is 0 Å². The molecule has 0 bridgehead atoms. The predicted octanol–water partition coefficient (Wildman–Crippen LogP) is 3.20. The Morgan fingerprint density at radius 2 is 1.79 bits per heavy atom. The van der Waals surface area contributed by atoms with E-state index in [-0.39, 0.29) is 6.42 Å². The van der Waals surface area contributed by atoms with Crippen molar-refractivity contribution in [1.82, 2.24) is 4.90 Å². The van der Waals surface area contributed by atoms with E-state index in [2.05, 4.69) is 36.1 Å². The smallest absolute Gasteiger partial charge is 0.304 e. The molecule has 3 heteroatoms. The minimum absolute atomic E-state index is 0.245. The van der Waals surface area contributed by atoms with Gasteiger partial charge in [0.05, 0.1) is 6.42 Å².